The molecule has 114 valence electrons. The van der Waals surface area contributed by atoms with Crippen LogP contribution in [0.3, 0.4) is 0 Å². The van der Waals surface area contributed by atoms with E-state index in [-0.39, 0.29) is 0 Å². The van der Waals surface area contributed by atoms with Gasteiger partial charge in [0.05, 0.1) is 10.0 Å². The summed E-state index contributed by atoms with van der Waals surface area (Å²) >= 11 is 12.2. The first kappa shape index (κ1) is 14.2. The first-order chi connectivity index (χ1) is 11.2. The number of hydrogen-bond donors (Lipinski definition) is 0. The standard InChI is InChI=1S/C18H10Cl2O3/c19-12-5-1-3-7-14(12)22-16-9-11-10-17(18(16)21-11)23-15-8-4-2-6-13(15)20/h1-10H. The Bertz CT molecular complexity index is 890. The predicted octanol–water partition coefficient (Wildman–Crippen LogP) is 6.76. The molecule has 0 radical (unpaired) electrons. The highest BCUT2D eigenvalue weighted by Gasteiger charge is 2.19. The van der Waals surface area contributed by atoms with Crippen LogP contribution in [0.4, 0.5) is 0 Å². The molecule has 23 heavy (non-hydrogen) atoms. The van der Waals surface area contributed by atoms with Crippen LogP contribution < -0.4 is 9.47 Å². The van der Waals surface area contributed by atoms with E-state index in [0.29, 0.717) is 44.2 Å². The van der Waals surface area contributed by atoms with Crippen LogP contribution in [0.15, 0.2) is 65.1 Å². The van der Waals surface area contributed by atoms with Gasteiger partial charge in [0.15, 0.2) is 11.5 Å². The van der Waals surface area contributed by atoms with Gasteiger partial charge in [-0.25, -0.2) is 0 Å². The molecule has 0 spiro atoms. The van der Waals surface area contributed by atoms with Gasteiger partial charge in [-0.15, -0.1) is 0 Å². The summed E-state index contributed by atoms with van der Waals surface area (Å²) in [5, 5.41) is 1.05. The zero-order valence-electron chi connectivity index (χ0n) is 11.8. The summed E-state index contributed by atoms with van der Waals surface area (Å²) in [6, 6.07) is 18.1. The molecule has 0 aliphatic heterocycles. The molecule has 0 unspecified atom stereocenters. The van der Waals surface area contributed by atoms with Crippen LogP contribution in [-0.2, 0) is 0 Å². The second-order valence-corrected chi connectivity index (χ2v) is 5.73. The van der Waals surface area contributed by atoms with Crippen LogP contribution in [0.25, 0.3) is 11.2 Å². The summed E-state index contributed by atoms with van der Waals surface area (Å²) in [6.45, 7) is 0. The largest absolute Gasteiger partial charge is 0.452 e. The van der Waals surface area contributed by atoms with Crippen molar-refractivity contribution in [3.63, 3.8) is 0 Å². The maximum Gasteiger partial charge on any atom is 0.212 e. The van der Waals surface area contributed by atoms with Crippen LogP contribution >= 0.6 is 23.2 Å². The van der Waals surface area contributed by atoms with E-state index in [4.69, 9.17) is 37.1 Å². The molecule has 5 heteroatoms. The van der Waals surface area contributed by atoms with E-state index < -0.39 is 0 Å². The highest BCUT2D eigenvalue weighted by molar-refractivity contribution is 6.32. The summed E-state index contributed by atoms with van der Waals surface area (Å²) in [6.07, 6.45) is 0. The van der Waals surface area contributed by atoms with Gasteiger partial charge in [-0.05, 0) is 24.3 Å². The quantitative estimate of drug-likeness (QED) is 0.409. The predicted molar refractivity (Wildman–Crippen MR) is 90.5 cm³/mol. The van der Waals surface area contributed by atoms with Gasteiger partial charge in [0, 0.05) is 12.1 Å². The summed E-state index contributed by atoms with van der Waals surface area (Å²) in [5.74, 6) is 2.22. The van der Waals surface area contributed by atoms with Gasteiger partial charge >= 0.3 is 0 Å². The van der Waals surface area contributed by atoms with Crippen LogP contribution in [-0.4, -0.2) is 0 Å². The summed E-state index contributed by atoms with van der Waals surface area (Å²) in [7, 11) is 0. The molecule has 0 amide bonds. The Kier molecular flexibility index (Phi) is 3.52. The van der Waals surface area contributed by atoms with Gasteiger partial charge in [0.2, 0.25) is 5.58 Å². The van der Waals surface area contributed by atoms with E-state index in [1.165, 1.54) is 0 Å². The Hall–Kier alpha value is -2.36. The third kappa shape index (κ3) is 2.69. The lowest BCUT2D eigenvalue weighted by Crippen LogP contribution is -1.87. The Morgan fingerprint density at radius 2 is 1.13 bits per heavy atom. The van der Waals surface area contributed by atoms with Crippen LogP contribution in [0, 0.1) is 0 Å². The minimum atomic E-state index is 0.514. The normalized spacial score (nSPS) is 11.0. The van der Waals surface area contributed by atoms with Crippen molar-refractivity contribution in [2.75, 3.05) is 0 Å². The Balaban J connectivity index is 1.67. The average molecular weight is 345 g/mol. The first-order valence-corrected chi connectivity index (χ1v) is 7.67. The molecule has 2 aromatic heterocycles. The highest BCUT2D eigenvalue weighted by Crippen LogP contribution is 2.43. The number of hydrogen-bond acceptors (Lipinski definition) is 3. The van der Waals surface area contributed by atoms with Gasteiger partial charge in [-0.3, -0.25) is 0 Å². The second kappa shape index (κ2) is 5.69. The van der Waals surface area contributed by atoms with Gasteiger partial charge in [0.25, 0.3) is 0 Å². The molecule has 4 rings (SSSR count). The molecule has 2 aromatic carbocycles. The molecule has 0 N–H and O–H groups in total. The van der Waals surface area contributed by atoms with Crippen LogP contribution in [0.2, 0.25) is 10.0 Å². The monoisotopic (exact) mass is 344 g/mol. The average Bonchev–Trinajstić information content (AvgIpc) is 3.12. The van der Waals surface area contributed by atoms with Crippen LogP contribution in [0.5, 0.6) is 23.0 Å². The second-order valence-electron chi connectivity index (χ2n) is 4.92. The number of ether oxygens (including phenoxy) is 2. The third-order valence-electron chi connectivity index (χ3n) is 3.33. The van der Waals surface area contributed by atoms with E-state index in [0.717, 1.165) is 0 Å². The lowest BCUT2D eigenvalue weighted by molar-refractivity contribution is 0.463. The number of furan rings is 2. The van der Waals surface area contributed by atoms with Gasteiger partial charge in [-0.1, -0.05) is 47.5 Å². The zero-order chi connectivity index (χ0) is 15.8. The lowest BCUT2D eigenvalue weighted by Gasteiger charge is -2.08. The van der Waals surface area contributed by atoms with Crippen molar-refractivity contribution < 1.29 is 13.9 Å². The number of fused-ring (bicyclic) bond motifs is 2. The number of halogens is 2. The Morgan fingerprint density at radius 1 is 0.652 bits per heavy atom. The van der Waals surface area contributed by atoms with Crippen molar-refractivity contribution in [2.45, 2.75) is 0 Å². The van der Waals surface area contributed by atoms with Crippen LogP contribution in [0.1, 0.15) is 0 Å². The Labute approximate surface area is 142 Å². The molecule has 4 aromatic rings. The number of para-hydroxylation sites is 2. The molecule has 0 aliphatic carbocycles. The van der Waals surface area contributed by atoms with Crippen molar-refractivity contribution >= 4 is 34.4 Å². The highest BCUT2D eigenvalue weighted by atomic mass is 35.5. The van der Waals surface area contributed by atoms with Gasteiger partial charge in [0.1, 0.15) is 17.1 Å². The topological polar surface area (TPSA) is 31.6 Å². The molecule has 2 bridgehead atoms. The maximum absolute atomic E-state index is 6.12. The fourth-order valence-corrected chi connectivity index (χ4v) is 2.62. The molecule has 0 saturated heterocycles. The third-order valence-corrected chi connectivity index (χ3v) is 3.95. The molecule has 2 heterocycles. The van der Waals surface area contributed by atoms with Gasteiger partial charge in [-0.2, -0.15) is 0 Å². The van der Waals surface area contributed by atoms with E-state index in [1.807, 2.05) is 24.3 Å². The lowest BCUT2D eigenvalue weighted by atomic mass is 10.3. The summed E-state index contributed by atoms with van der Waals surface area (Å²) < 4.78 is 17.3. The molecule has 3 nitrogen and oxygen atoms in total. The molecule has 0 fully saturated rings. The Morgan fingerprint density at radius 3 is 1.57 bits per heavy atom. The molecule has 0 saturated carbocycles. The van der Waals surface area contributed by atoms with Crippen molar-refractivity contribution in [2.24, 2.45) is 0 Å². The summed E-state index contributed by atoms with van der Waals surface area (Å²) in [4.78, 5) is 0. The minimum Gasteiger partial charge on any atom is -0.452 e. The zero-order valence-corrected chi connectivity index (χ0v) is 13.3. The van der Waals surface area contributed by atoms with E-state index >= 15 is 0 Å². The molecule has 0 atom stereocenters. The number of benzene rings is 3. The smallest absolute Gasteiger partial charge is 0.212 e. The van der Waals surface area contributed by atoms with Crippen molar-refractivity contribution in [3.8, 4) is 23.0 Å². The fraction of sp³-hybridized carbons (Fsp3) is 0. The van der Waals surface area contributed by atoms with Gasteiger partial charge < -0.3 is 13.9 Å². The SMILES string of the molecule is Clc1ccccc1Oc1cc2cc(Oc3ccccc3Cl)c1o2. The van der Waals surface area contributed by atoms with Crippen molar-refractivity contribution in [3.05, 3.63) is 70.7 Å². The summed E-state index contributed by atoms with van der Waals surface area (Å²) in [5.41, 5.74) is 1.17. The minimum absolute atomic E-state index is 0.514. The maximum atomic E-state index is 6.12. The van der Waals surface area contributed by atoms with Crippen molar-refractivity contribution in [1.29, 1.82) is 0 Å². The number of rotatable bonds is 4. The molecule has 0 aliphatic rings. The molecular weight excluding hydrogens is 335 g/mol. The molecular formula is C18H10Cl2O3. The van der Waals surface area contributed by atoms with E-state index in [9.17, 15) is 0 Å². The van der Waals surface area contributed by atoms with E-state index in [1.54, 1.807) is 36.4 Å². The first-order valence-electron chi connectivity index (χ1n) is 6.91. The fourth-order valence-electron chi connectivity index (χ4n) is 2.27. The van der Waals surface area contributed by atoms with E-state index in [2.05, 4.69) is 0 Å². The van der Waals surface area contributed by atoms with Crippen molar-refractivity contribution in [1.82, 2.24) is 0 Å².